The van der Waals surface area contributed by atoms with Crippen LogP contribution < -0.4 is 0 Å². The summed E-state index contributed by atoms with van der Waals surface area (Å²) in [4.78, 5) is 26.7. The molecule has 1 aliphatic heterocycles. The van der Waals surface area contributed by atoms with Crippen LogP contribution in [0.15, 0.2) is 24.3 Å². The molecule has 1 fully saturated rings. The first kappa shape index (κ1) is 21.7. The monoisotopic (exact) mass is 386 g/mol. The summed E-state index contributed by atoms with van der Waals surface area (Å²) in [6, 6.07) is 9.31. The molecule has 0 radical (unpaired) electrons. The SMILES string of the molecule is C[C@@H](OC(=O)Cc1ccccc1CC#N)[C@@H]1CCCCN1C(=O)OC(C)(C)C. The third-order valence-corrected chi connectivity index (χ3v) is 4.76. The van der Waals surface area contributed by atoms with E-state index in [0.717, 1.165) is 30.4 Å². The smallest absolute Gasteiger partial charge is 0.410 e. The number of amides is 1. The van der Waals surface area contributed by atoms with Crippen molar-refractivity contribution in [2.45, 2.75) is 77.5 Å². The first-order valence-corrected chi connectivity index (χ1v) is 9.84. The fourth-order valence-electron chi connectivity index (χ4n) is 3.46. The topological polar surface area (TPSA) is 79.6 Å². The number of likely N-dealkylation sites (tertiary alicyclic amines) is 1. The first-order chi connectivity index (χ1) is 13.2. The lowest BCUT2D eigenvalue weighted by atomic mass is 9.98. The van der Waals surface area contributed by atoms with E-state index in [4.69, 9.17) is 14.7 Å². The average molecular weight is 386 g/mol. The normalized spacial score (nSPS) is 18.1. The molecule has 152 valence electrons. The minimum atomic E-state index is -0.566. The standard InChI is InChI=1S/C22H30N2O4/c1-16(19-11-7-8-14-24(19)21(26)28-22(2,3)4)27-20(25)15-18-10-6-5-9-17(18)12-13-23/h5-6,9-10,16,19H,7-8,11-12,14-15H2,1-4H3/t16-,19+/m1/s1. The van der Waals surface area contributed by atoms with Gasteiger partial charge in [0.1, 0.15) is 11.7 Å². The molecule has 0 saturated carbocycles. The molecule has 1 aliphatic rings. The number of nitrogens with zero attached hydrogens (tertiary/aromatic N) is 2. The average Bonchev–Trinajstić information content (AvgIpc) is 2.62. The zero-order chi connectivity index (χ0) is 20.7. The van der Waals surface area contributed by atoms with Gasteiger partial charge < -0.3 is 14.4 Å². The van der Waals surface area contributed by atoms with E-state index in [2.05, 4.69) is 6.07 Å². The summed E-state index contributed by atoms with van der Waals surface area (Å²) in [6.07, 6.45) is 2.26. The van der Waals surface area contributed by atoms with Gasteiger partial charge in [-0.05, 0) is 58.1 Å². The molecule has 6 heteroatoms. The lowest BCUT2D eigenvalue weighted by Gasteiger charge is -2.39. The number of carbonyl (C=O) groups excluding carboxylic acids is 2. The van der Waals surface area contributed by atoms with Gasteiger partial charge in [0.15, 0.2) is 0 Å². The fourth-order valence-corrected chi connectivity index (χ4v) is 3.46. The van der Waals surface area contributed by atoms with Crippen LogP contribution in [0.4, 0.5) is 4.79 Å². The highest BCUT2D eigenvalue weighted by atomic mass is 16.6. The highest BCUT2D eigenvalue weighted by molar-refractivity contribution is 5.73. The largest absolute Gasteiger partial charge is 0.460 e. The Kier molecular flexibility index (Phi) is 7.45. The van der Waals surface area contributed by atoms with Gasteiger partial charge in [-0.3, -0.25) is 4.79 Å². The third-order valence-electron chi connectivity index (χ3n) is 4.76. The second-order valence-electron chi connectivity index (χ2n) is 8.21. The Labute approximate surface area is 167 Å². The van der Waals surface area contributed by atoms with E-state index >= 15 is 0 Å². The van der Waals surface area contributed by atoms with Crippen molar-refractivity contribution >= 4 is 12.1 Å². The van der Waals surface area contributed by atoms with Crippen LogP contribution in [0.1, 0.15) is 58.1 Å². The molecule has 28 heavy (non-hydrogen) atoms. The highest BCUT2D eigenvalue weighted by Gasteiger charge is 2.35. The van der Waals surface area contributed by atoms with Gasteiger partial charge in [-0.25, -0.2) is 4.79 Å². The number of ether oxygens (including phenoxy) is 2. The van der Waals surface area contributed by atoms with Crippen LogP contribution >= 0.6 is 0 Å². The van der Waals surface area contributed by atoms with Crippen molar-refractivity contribution in [1.82, 2.24) is 4.90 Å². The van der Waals surface area contributed by atoms with E-state index in [1.807, 2.05) is 52.0 Å². The molecule has 0 spiro atoms. The van der Waals surface area contributed by atoms with Crippen molar-refractivity contribution in [2.75, 3.05) is 6.54 Å². The molecule has 1 aromatic carbocycles. The molecular weight excluding hydrogens is 356 g/mol. The zero-order valence-corrected chi connectivity index (χ0v) is 17.2. The molecule has 0 bridgehead atoms. The van der Waals surface area contributed by atoms with E-state index in [1.165, 1.54) is 0 Å². The summed E-state index contributed by atoms with van der Waals surface area (Å²) >= 11 is 0. The molecule has 0 aliphatic carbocycles. The Morgan fingerprint density at radius 2 is 1.93 bits per heavy atom. The number of esters is 1. The summed E-state index contributed by atoms with van der Waals surface area (Å²) in [5.41, 5.74) is 1.07. The van der Waals surface area contributed by atoms with Crippen LogP contribution in [-0.2, 0) is 27.1 Å². The van der Waals surface area contributed by atoms with E-state index in [0.29, 0.717) is 6.54 Å². The molecule has 0 aromatic heterocycles. The van der Waals surface area contributed by atoms with Crippen molar-refractivity contribution in [2.24, 2.45) is 0 Å². The summed E-state index contributed by atoms with van der Waals surface area (Å²) in [6.45, 7) is 7.95. The van der Waals surface area contributed by atoms with Gasteiger partial charge in [0.05, 0.1) is 25.0 Å². The molecule has 0 N–H and O–H groups in total. The Bertz CT molecular complexity index is 733. The number of hydrogen-bond acceptors (Lipinski definition) is 5. The van der Waals surface area contributed by atoms with Crippen molar-refractivity contribution in [1.29, 1.82) is 5.26 Å². The Hall–Kier alpha value is -2.55. The number of rotatable bonds is 5. The molecule has 2 atom stereocenters. The van der Waals surface area contributed by atoms with Crippen molar-refractivity contribution in [3.63, 3.8) is 0 Å². The van der Waals surface area contributed by atoms with Crippen LogP contribution in [-0.4, -0.2) is 41.3 Å². The van der Waals surface area contributed by atoms with Gasteiger partial charge >= 0.3 is 12.1 Å². The molecule has 0 unspecified atom stereocenters. The second-order valence-corrected chi connectivity index (χ2v) is 8.21. The van der Waals surface area contributed by atoms with Crippen LogP contribution in [0.25, 0.3) is 0 Å². The van der Waals surface area contributed by atoms with Crippen molar-refractivity contribution in [3.8, 4) is 6.07 Å². The van der Waals surface area contributed by atoms with E-state index in [9.17, 15) is 9.59 Å². The number of nitriles is 1. The lowest BCUT2D eigenvalue weighted by Crippen LogP contribution is -2.51. The summed E-state index contributed by atoms with van der Waals surface area (Å²) in [5.74, 6) is -0.354. The van der Waals surface area contributed by atoms with Gasteiger partial charge in [0.2, 0.25) is 0 Å². The van der Waals surface area contributed by atoms with Gasteiger partial charge in [0.25, 0.3) is 0 Å². The first-order valence-electron chi connectivity index (χ1n) is 9.84. The van der Waals surface area contributed by atoms with Gasteiger partial charge in [0, 0.05) is 6.54 Å². The van der Waals surface area contributed by atoms with Crippen LogP contribution in [0.2, 0.25) is 0 Å². The third kappa shape index (κ3) is 6.26. The quantitative estimate of drug-likeness (QED) is 0.714. The van der Waals surface area contributed by atoms with Gasteiger partial charge in [-0.15, -0.1) is 0 Å². The van der Waals surface area contributed by atoms with Crippen LogP contribution in [0.3, 0.4) is 0 Å². The van der Waals surface area contributed by atoms with Crippen molar-refractivity contribution in [3.05, 3.63) is 35.4 Å². The lowest BCUT2D eigenvalue weighted by molar-refractivity contribution is -0.151. The molecule has 1 aromatic rings. The molecule has 1 amide bonds. The zero-order valence-electron chi connectivity index (χ0n) is 17.2. The fraction of sp³-hybridized carbons (Fsp3) is 0.591. The maximum atomic E-state index is 12.6. The molecule has 1 saturated heterocycles. The molecule has 2 rings (SSSR count). The number of hydrogen-bond donors (Lipinski definition) is 0. The Morgan fingerprint density at radius 1 is 1.25 bits per heavy atom. The van der Waals surface area contributed by atoms with E-state index in [-0.39, 0.29) is 30.9 Å². The predicted molar refractivity (Wildman–Crippen MR) is 106 cm³/mol. The molecular formula is C22H30N2O4. The number of carbonyl (C=O) groups is 2. The highest BCUT2D eigenvalue weighted by Crippen LogP contribution is 2.24. The maximum Gasteiger partial charge on any atom is 0.410 e. The Morgan fingerprint density at radius 3 is 2.57 bits per heavy atom. The summed E-state index contributed by atoms with van der Waals surface area (Å²) in [5, 5.41) is 8.94. The van der Waals surface area contributed by atoms with Gasteiger partial charge in [-0.1, -0.05) is 24.3 Å². The minimum absolute atomic E-state index is 0.112. The molecule has 1 heterocycles. The Balaban J connectivity index is 2.01. The summed E-state index contributed by atoms with van der Waals surface area (Å²) < 4.78 is 11.2. The van der Waals surface area contributed by atoms with Crippen LogP contribution in [0, 0.1) is 11.3 Å². The van der Waals surface area contributed by atoms with Crippen molar-refractivity contribution < 1.29 is 19.1 Å². The predicted octanol–water partition coefficient (Wildman–Crippen LogP) is 4.02. The van der Waals surface area contributed by atoms with Gasteiger partial charge in [-0.2, -0.15) is 5.26 Å². The number of benzene rings is 1. The van der Waals surface area contributed by atoms with E-state index in [1.54, 1.807) is 4.90 Å². The minimum Gasteiger partial charge on any atom is -0.460 e. The molecule has 6 nitrogen and oxygen atoms in total. The number of piperidine rings is 1. The maximum absolute atomic E-state index is 12.6. The summed E-state index contributed by atoms with van der Waals surface area (Å²) in [7, 11) is 0. The van der Waals surface area contributed by atoms with E-state index < -0.39 is 11.7 Å². The second kappa shape index (κ2) is 9.59. The van der Waals surface area contributed by atoms with Crippen LogP contribution in [0.5, 0.6) is 0 Å².